The van der Waals surface area contributed by atoms with Gasteiger partial charge in [0.15, 0.2) is 0 Å². The Morgan fingerprint density at radius 2 is 1.70 bits per heavy atom. The van der Waals surface area contributed by atoms with Gasteiger partial charge in [0.25, 0.3) is 5.69 Å². The molecular formula is C27H35F3N4O6. The topological polar surface area (TPSA) is 140 Å². The van der Waals surface area contributed by atoms with Crippen molar-refractivity contribution in [2.75, 3.05) is 31.6 Å². The van der Waals surface area contributed by atoms with E-state index in [0.717, 1.165) is 43.1 Å². The van der Waals surface area contributed by atoms with Gasteiger partial charge in [-0.2, -0.15) is 13.2 Å². The molecule has 0 radical (unpaired) electrons. The van der Waals surface area contributed by atoms with Gasteiger partial charge in [0, 0.05) is 31.3 Å². The second-order valence-electron chi connectivity index (χ2n) is 11.7. The van der Waals surface area contributed by atoms with Gasteiger partial charge in [-0.05, 0) is 73.8 Å². The number of carbonyl (C=O) groups is 3. The highest BCUT2D eigenvalue weighted by Crippen LogP contribution is 2.61. The van der Waals surface area contributed by atoms with E-state index in [1.54, 1.807) is 0 Å². The first-order valence-electron chi connectivity index (χ1n) is 13.6. The van der Waals surface area contributed by atoms with Crippen molar-refractivity contribution in [3.05, 3.63) is 33.9 Å². The molecule has 220 valence electrons. The number of carbonyl (C=O) groups excluding carboxylic acids is 3. The Morgan fingerprint density at radius 3 is 2.27 bits per heavy atom. The van der Waals surface area contributed by atoms with Crippen LogP contribution in [-0.2, 0) is 25.3 Å². The van der Waals surface area contributed by atoms with E-state index in [0.29, 0.717) is 18.6 Å². The number of hydrogen-bond donors (Lipinski definition) is 3. The van der Waals surface area contributed by atoms with E-state index in [2.05, 4.69) is 16.0 Å². The molecule has 4 saturated carbocycles. The lowest BCUT2D eigenvalue weighted by atomic mass is 9.49. The van der Waals surface area contributed by atoms with Gasteiger partial charge >= 0.3 is 6.18 Å². The Labute approximate surface area is 229 Å². The number of nitro benzene ring substituents is 1. The third-order valence-corrected chi connectivity index (χ3v) is 8.32. The molecule has 13 heteroatoms. The number of halogens is 3. The molecule has 0 heterocycles. The summed E-state index contributed by atoms with van der Waals surface area (Å²) in [7, 11) is 0. The summed E-state index contributed by atoms with van der Waals surface area (Å²) in [6.45, 7) is 1.52. The van der Waals surface area contributed by atoms with Crippen LogP contribution in [0.4, 0.5) is 24.5 Å². The lowest BCUT2D eigenvalue weighted by Crippen LogP contribution is -2.48. The number of benzene rings is 1. The van der Waals surface area contributed by atoms with Crippen molar-refractivity contribution in [3.63, 3.8) is 0 Å². The van der Waals surface area contributed by atoms with Crippen molar-refractivity contribution in [1.29, 1.82) is 0 Å². The molecule has 1 aromatic rings. The van der Waals surface area contributed by atoms with Gasteiger partial charge in [-0.1, -0.05) is 6.92 Å². The van der Waals surface area contributed by atoms with Crippen LogP contribution in [-0.4, -0.2) is 48.9 Å². The number of ether oxygens (including phenoxy) is 1. The molecule has 0 saturated heterocycles. The third-order valence-electron chi connectivity index (χ3n) is 8.32. The maximum Gasteiger partial charge on any atom is 0.423 e. The average molecular weight is 569 g/mol. The summed E-state index contributed by atoms with van der Waals surface area (Å²) in [5.41, 5.74) is -2.69. The van der Waals surface area contributed by atoms with E-state index in [9.17, 15) is 37.7 Å². The molecule has 10 nitrogen and oxygen atoms in total. The van der Waals surface area contributed by atoms with Gasteiger partial charge in [-0.3, -0.25) is 24.5 Å². The number of nitrogens with zero attached hydrogens (tertiary/aromatic N) is 1. The van der Waals surface area contributed by atoms with E-state index >= 15 is 0 Å². The standard InChI is InChI=1S/C27H35F3N4O6/c1-16(25(37)33-20-2-3-22(34(38)39)21(9-20)27(28,29)30)14-32-24(36)15-40-5-4-31-23(35)13-26-10-17-6-18(11-26)8-19(7-17)12-26/h2-3,9,16-19H,4-8,10-15H2,1H3,(H,31,35)(H,32,36)(H,33,37). The number of nitro groups is 1. The van der Waals surface area contributed by atoms with Crippen molar-refractivity contribution in [1.82, 2.24) is 10.6 Å². The smallest absolute Gasteiger partial charge is 0.370 e. The van der Waals surface area contributed by atoms with Crippen molar-refractivity contribution < 1.29 is 37.2 Å². The summed E-state index contributed by atoms with van der Waals surface area (Å²) in [4.78, 5) is 46.7. The SMILES string of the molecule is CC(CNC(=O)COCCNC(=O)CC12CC3CC(CC(C3)C1)C2)C(=O)Nc1ccc([N+](=O)[O-])c(C(F)(F)F)c1. The minimum Gasteiger partial charge on any atom is -0.370 e. The van der Waals surface area contributed by atoms with Crippen LogP contribution in [0.5, 0.6) is 0 Å². The quantitative estimate of drug-likeness (QED) is 0.198. The van der Waals surface area contributed by atoms with Crippen LogP contribution < -0.4 is 16.0 Å². The zero-order valence-electron chi connectivity index (χ0n) is 22.4. The van der Waals surface area contributed by atoms with Crippen molar-refractivity contribution in [3.8, 4) is 0 Å². The third kappa shape index (κ3) is 7.49. The molecule has 0 spiro atoms. The van der Waals surface area contributed by atoms with Gasteiger partial charge in [0.2, 0.25) is 17.7 Å². The zero-order chi connectivity index (χ0) is 29.1. The molecule has 0 aromatic heterocycles. The number of hydrogen-bond acceptors (Lipinski definition) is 6. The molecule has 3 amide bonds. The van der Waals surface area contributed by atoms with E-state index < -0.39 is 40.1 Å². The summed E-state index contributed by atoms with van der Waals surface area (Å²) in [6, 6.07) is 2.18. The maximum absolute atomic E-state index is 13.1. The molecule has 1 unspecified atom stereocenters. The average Bonchev–Trinajstić information content (AvgIpc) is 2.85. The Balaban J connectivity index is 1.11. The predicted molar refractivity (Wildman–Crippen MR) is 138 cm³/mol. The lowest BCUT2D eigenvalue weighted by molar-refractivity contribution is -0.388. The molecule has 0 aliphatic heterocycles. The lowest BCUT2D eigenvalue weighted by Gasteiger charge is -2.56. The minimum absolute atomic E-state index is 0.0187. The predicted octanol–water partition coefficient (Wildman–Crippen LogP) is 4.04. The van der Waals surface area contributed by atoms with Crippen LogP contribution in [0.25, 0.3) is 0 Å². The van der Waals surface area contributed by atoms with Crippen molar-refractivity contribution in [2.45, 2.75) is 58.0 Å². The minimum atomic E-state index is -4.97. The van der Waals surface area contributed by atoms with Gasteiger partial charge in [-0.15, -0.1) is 0 Å². The van der Waals surface area contributed by atoms with E-state index in [1.807, 2.05) is 0 Å². The molecular weight excluding hydrogens is 533 g/mol. The molecule has 3 N–H and O–H groups in total. The summed E-state index contributed by atoms with van der Waals surface area (Å²) < 4.78 is 44.7. The number of rotatable bonds is 12. The van der Waals surface area contributed by atoms with Crippen molar-refractivity contribution in [2.24, 2.45) is 29.1 Å². The summed E-state index contributed by atoms with van der Waals surface area (Å²) in [6.07, 6.45) is 3.01. The molecule has 4 fully saturated rings. The number of alkyl halides is 3. The van der Waals surface area contributed by atoms with Crippen LogP contribution in [0.1, 0.15) is 57.4 Å². The Bertz CT molecular complexity index is 1110. The first-order chi connectivity index (χ1) is 18.8. The number of amides is 3. The Kier molecular flexibility index (Phi) is 9.01. The van der Waals surface area contributed by atoms with E-state index in [-0.39, 0.29) is 43.3 Å². The normalized spacial score (nSPS) is 25.8. The van der Waals surface area contributed by atoms with Gasteiger partial charge < -0.3 is 20.7 Å². The number of anilines is 1. The van der Waals surface area contributed by atoms with Crippen LogP contribution in [0.2, 0.25) is 0 Å². The fourth-order valence-corrected chi connectivity index (χ4v) is 7.01. The Morgan fingerprint density at radius 1 is 1.07 bits per heavy atom. The van der Waals surface area contributed by atoms with Crippen LogP contribution >= 0.6 is 0 Å². The molecule has 4 bridgehead atoms. The summed E-state index contributed by atoms with van der Waals surface area (Å²) in [5.74, 6) is 0.375. The van der Waals surface area contributed by atoms with E-state index in [4.69, 9.17) is 4.74 Å². The van der Waals surface area contributed by atoms with E-state index in [1.165, 1.54) is 26.2 Å². The molecule has 40 heavy (non-hydrogen) atoms. The summed E-state index contributed by atoms with van der Waals surface area (Å²) >= 11 is 0. The highest BCUT2D eigenvalue weighted by molar-refractivity contribution is 5.93. The highest BCUT2D eigenvalue weighted by atomic mass is 19.4. The molecule has 1 atom stereocenters. The zero-order valence-corrected chi connectivity index (χ0v) is 22.4. The van der Waals surface area contributed by atoms with Crippen molar-refractivity contribution >= 4 is 29.1 Å². The van der Waals surface area contributed by atoms with Crippen LogP contribution in [0, 0.1) is 39.2 Å². The first-order valence-corrected chi connectivity index (χ1v) is 13.6. The Hall–Kier alpha value is -3.22. The van der Waals surface area contributed by atoms with Crippen LogP contribution in [0.15, 0.2) is 18.2 Å². The van der Waals surface area contributed by atoms with Gasteiger partial charge in [0.05, 0.1) is 17.4 Å². The summed E-state index contributed by atoms with van der Waals surface area (Å²) in [5, 5.41) is 18.5. The molecule has 5 rings (SSSR count). The second-order valence-corrected chi connectivity index (χ2v) is 11.7. The van der Waals surface area contributed by atoms with Gasteiger partial charge in [-0.25, -0.2) is 0 Å². The molecule has 4 aliphatic carbocycles. The first kappa shape index (κ1) is 29.8. The fourth-order valence-electron chi connectivity index (χ4n) is 7.01. The largest absolute Gasteiger partial charge is 0.423 e. The molecule has 4 aliphatic rings. The number of nitrogens with one attached hydrogen (secondary N) is 3. The van der Waals surface area contributed by atoms with Gasteiger partial charge in [0.1, 0.15) is 12.2 Å². The highest BCUT2D eigenvalue weighted by Gasteiger charge is 2.51. The van der Waals surface area contributed by atoms with Crippen LogP contribution in [0.3, 0.4) is 0 Å². The fraction of sp³-hybridized carbons (Fsp3) is 0.667. The maximum atomic E-state index is 13.1. The second kappa shape index (κ2) is 12.1. The monoisotopic (exact) mass is 568 g/mol. The molecule has 1 aromatic carbocycles.